The van der Waals surface area contributed by atoms with E-state index in [1.807, 2.05) is 0 Å². The number of nitrogens with two attached hydrogens (primary N) is 1. The van der Waals surface area contributed by atoms with Gasteiger partial charge in [-0.05, 0) is 0 Å². The average molecular weight is 405 g/mol. The number of nitrogens with zero attached hydrogens (tertiary/aromatic N) is 4. The van der Waals surface area contributed by atoms with Gasteiger partial charge in [-0.3, -0.25) is 9.69 Å². The zero-order valence-corrected chi connectivity index (χ0v) is 16.1. The van der Waals surface area contributed by atoms with E-state index < -0.39 is 6.10 Å². The minimum atomic E-state index is -0.678. The van der Waals surface area contributed by atoms with E-state index >= 15 is 0 Å². The second-order valence-electron chi connectivity index (χ2n) is 6.94. The van der Waals surface area contributed by atoms with E-state index in [0.29, 0.717) is 30.7 Å². The predicted octanol–water partition coefficient (Wildman–Crippen LogP) is -0.525. The van der Waals surface area contributed by atoms with E-state index in [2.05, 4.69) is 30.5 Å². The van der Waals surface area contributed by atoms with Crippen molar-refractivity contribution in [2.75, 3.05) is 43.9 Å². The van der Waals surface area contributed by atoms with Crippen LogP contribution in [0.15, 0.2) is 12.4 Å². The summed E-state index contributed by atoms with van der Waals surface area (Å²) in [5.41, 5.74) is 7.08. The van der Waals surface area contributed by atoms with Crippen LogP contribution in [0.4, 0.5) is 10.9 Å². The van der Waals surface area contributed by atoms with Crippen molar-refractivity contribution in [1.82, 2.24) is 25.2 Å². The molecule has 1 fully saturated rings. The van der Waals surface area contributed by atoms with E-state index in [4.69, 9.17) is 10.5 Å². The third-order valence-corrected chi connectivity index (χ3v) is 5.60. The summed E-state index contributed by atoms with van der Waals surface area (Å²) in [4.78, 5) is 28.1. The van der Waals surface area contributed by atoms with Crippen LogP contribution in [0.2, 0.25) is 0 Å². The molecule has 4 heterocycles. The fourth-order valence-electron chi connectivity index (χ4n) is 3.18. The summed E-state index contributed by atoms with van der Waals surface area (Å²) in [6.07, 6.45) is 1.49. The molecule has 150 valence electrons. The maximum Gasteiger partial charge on any atom is 0.270 e. The molecule has 2 aromatic heterocycles. The number of ether oxygens (including phenoxy) is 1. The summed E-state index contributed by atoms with van der Waals surface area (Å²) in [6.45, 7) is 3.41. The van der Waals surface area contributed by atoms with Crippen LogP contribution in [0.3, 0.4) is 0 Å². The zero-order valence-electron chi connectivity index (χ0n) is 15.3. The van der Waals surface area contributed by atoms with Crippen LogP contribution in [0.1, 0.15) is 21.1 Å². The Labute approximate surface area is 166 Å². The van der Waals surface area contributed by atoms with E-state index in [1.54, 1.807) is 6.07 Å². The van der Waals surface area contributed by atoms with Gasteiger partial charge in [0, 0.05) is 43.5 Å². The first-order valence-corrected chi connectivity index (χ1v) is 9.97. The number of aliphatic hydroxyl groups is 1. The Balaban J connectivity index is 1.25. The van der Waals surface area contributed by atoms with Crippen LogP contribution in [0.25, 0.3) is 0 Å². The lowest BCUT2D eigenvalue weighted by Crippen LogP contribution is -2.42. The number of carbonyl (C=O) groups excluding carboxylic acids is 1. The van der Waals surface area contributed by atoms with Crippen molar-refractivity contribution in [2.45, 2.75) is 25.1 Å². The molecule has 2 aliphatic rings. The average Bonchev–Trinajstić information content (AvgIpc) is 3.02. The first-order valence-electron chi connectivity index (χ1n) is 9.16. The van der Waals surface area contributed by atoms with Crippen LogP contribution in [-0.2, 0) is 17.7 Å². The smallest absolute Gasteiger partial charge is 0.270 e. The van der Waals surface area contributed by atoms with Crippen molar-refractivity contribution in [3.05, 3.63) is 28.7 Å². The van der Waals surface area contributed by atoms with Gasteiger partial charge in [-0.1, -0.05) is 0 Å². The lowest BCUT2D eigenvalue weighted by atomic mass is 10.1. The molecule has 28 heavy (non-hydrogen) atoms. The maximum absolute atomic E-state index is 12.3. The van der Waals surface area contributed by atoms with Crippen LogP contribution in [-0.4, -0.2) is 75.9 Å². The first-order chi connectivity index (χ1) is 13.6. The number of thiazole rings is 1. The number of rotatable bonds is 7. The number of nitrogen functional groups attached to an aromatic ring is 1. The van der Waals surface area contributed by atoms with Crippen LogP contribution < -0.4 is 16.4 Å². The van der Waals surface area contributed by atoms with E-state index in [0.717, 1.165) is 30.1 Å². The van der Waals surface area contributed by atoms with Crippen LogP contribution in [0.5, 0.6) is 0 Å². The van der Waals surface area contributed by atoms with Gasteiger partial charge in [-0.15, -0.1) is 11.3 Å². The van der Waals surface area contributed by atoms with Gasteiger partial charge in [0.15, 0.2) is 5.13 Å². The molecule has 2 aromatic rings. The van der Waals surface area contributed by atoms with Crippen molar-refractivity contribution in [3.63, 3.8) is 0 Å². The largest absolute Gasteiger partial charge is 0.390 e. The van der Waals surface area contributed by atoms with Crippen LogP contribution in [0, 0.1) is 0 Å². The molecular weight excluding hydrogens is 382 g/mol. The molecule has 1 saturated heterocycles. The number of hydrogen-bond donors (Lipinski definition) is 4. The number of nitrogens with one attached hydrogen (secondary N) is 2. The molecule has 0 aliphatic carbocycles. The number of aliphatic hydroxyl groups excluding tert-OH is 1. The van der Waals surface area contributed by atoms with Crippen molar-refractivity contribution in [1.29, 1.82) is 0 Å². The summed E-state index contributed by atoms with van der Waals surface area (Å²) in [5, 5.41) is 16.8. The molecule has 0 saturated carbocycles. The Bertz CT molecular complexity index is 842. The summed E-state index contributed by atoms with van der Waals surface area (Å²) in [7, 11) is 0. The molecule has 11 heteroatoms. The minimum absolute atomic E-state index is 0.149. The summed E-state index contributed by atoms with van der Waals surface area (Å²) < 4.78 is 5.11. The summed E-state index contributed by atoms with van der Waals surface area (Å²) >= 11 is 1.49. The lowest BCUT2D eigenvalue weighted by Gasteiger charge is -2.28. The number of aromatic nitrogens is 3. The first kappa shape index (κ1) is 19.0. The quantitative estimate of drug-likeness (QED) is 0.479. The number of fused-ring (bicyclic) bond motifs is 1. The van der Waals surface area contributed by atoms with E-state index in [9.17, 15) is 9.90 Å². The van der Waals surface area contributed by atoms with Gasteiger partial charge >= 0.3 is 0 Å². The van der Waals surface area contributed by atoms with Crippen molar-refractivity contribution in [3.8, 4) is 0 Å². The molecule has 1 atom stereocenters. The highest BCUT2D eigenvalue weighted by molar-refractivity contribution is 7.15. The highest BCUT2D eigenvalue weighted by Crippen LogP contribution is 2.26. The molecule has 0 aromatic carbocycles. The SMILES string of the molecule is Nc1nc2c(s1)CN(C[C@@H](O)CNC(=O)c1cc(NC3COC3)ncn1)CC2. The fourth-order valence-corrected chi connectivity index (χ4v) is 4.10. The Hall–Kier alpha value is -2.34. The zero-order chi connectivity index (χ0) is 19.5. The third kappa shape index (κ3) is 4.55. The van der Waals surface area contributed by atoms with Gasteiger partial charge in [-0.2, -0.15) is 0 Å². The summed E-state index contributed by atoms with van der Waals surface area (Å²) in [5.74, 6) is 0.243. The van der Waals surface area contributed by atoms with Gasteiger partial charge in [0.2, 0.25) is 0 Å². The van der Waals surface area contributed by atoms with Gasteiger partial charge < -0.3 is 26.2 Å². The van der Waals surface area contributed by atoms with Gasteiger partial charge in [0.1, 0.15) is 17.8 Å². The van der Waals surface area contributed by atoms with Gasteiger partial charge in [0.05, 0.1) is 31.1 Å². The monoisotopic (exact) mass is 405 g/mol. The molecular formula is C17H23N7O3S. The molecule has 4 rings (SSSR count). The molecule has 0 radical (unpaired) electrons. The number of carbonyl (C=O) groups is 1. The van der Waals surface area contributed by atoms with Gasteiger partial charge in [-0.25, -0.2) is 15.0 Å². The summed E-state index contributed by atoms with van der Waals surface area (Å²) in [6, 6.07) is 1.81. The Morgan fingerprint density at radius 2 is 2.32 bits per heavy atom. The standard InChI is InChI=1S/C17H23N7O3S/c18-17-23-12-1-2-24(6-14(12)28-17)5-11(25)4-19-16(26)13-3-15(21-9-20-13)22-10-7-27-8-10/h3,9-11,25H,1-2,4-8H2,(H2,18,23)(H,19,26)(H,20,21,22)/t11-/m0/s1. The molecule has 0 bridgehead atoms. The minimum Gasteiger partial charge on any atom is -0.390 e. The molecule has 2 aliphatic heterocycles. The molecule has 0 spiro atoms. The number of amides is 1. The van der Waals surface area contributed by atoms with Gasteiger partial charge in [0.25, 0.3) is 5.91 Å². The number of β-amino-alcohol motifs (C(OH)–C–C–N with tert-alkyl or cyclic N) is 1. The Kier molecular flexibility index (Phi) is 5.67. The Morgan fingerprint density at radius 1 is 1.46 bits per heavy atom. The molecule has 10 nitrogen and oxygen atoms in total. The topological polar surface area (TPSA) is 139 Å². The molecule has 5 N–H and O–H groups in total. The molecule has 1 amide bonds. The Morgan fingerprint density at radius 3 is 3.11 bits per heavy atom. The maximum atomic E-state index is 12.3. The highest BCUT2D eigenvalue weighted by atomic mass is 32.1. The van der Waals surface area contributed by atoms with E-state index in [-0.39, 0.29) is 24.2 Å². The third-order valence-electron chi connectivity index (χ3n) is 4.68. The normalized spacial score (nSPS) is 18.2. The predicted molar refractivity (Wildman–Crippen MR) is 104 cm³/mol. The fraction of sp³-hybridized carbons (Fsp3) is 0.529. The van der Waals surface area contributed by atoms with Crippen molar-refractivity contribution < 1.29 is 14.6 Å². The number of hydrogen-bond acceptors (Lipinski definition) is 10. The van der Waals surface area contributed by atoms with Crippen molar-refractivity contribution in [2.24, 2.45) is 0 Å². The highest BCUT2D eigenvalue weighted by Gasteiger charge is 2.23. The molecule has 0 unspecified atom stereocenters. The van der Waals surface area contributed by atoms with Crippen LogP contribution >= 0.6 is 11.3 Å². The second kappa shape index (κ2) is 8.35. The number of anilines is 2. The lowest BCUT2D eigenvalue weighted by molar-refractivity contribution is 0.0209. The second-order valence-corrected chi connectivity index (χ2v) is 8.05. The van der Waals surface area contributed by atoms with E-state index in [1.165, 1.54) is 17.7 Å². The van der Waals surface area contributed by atoms with Crippen molar-refractivity contribution >= 4 is 28.2 Å².